The summed E-state index contributed by atoms with van der Waals surface area (Å²) in [5, 5.41) is 10.7. The van der Waals surface area contributed by atoms with Gasteiger partial charge in [-0.1, -0.05) is 18.2 Å². The summed E-state index contributed by atoms with van der Waals surface area (Å²) in [6.45, 7) is 0.0763. The molecule has 7 nitrogen and oxygen atoms in total. The number of benzene rings is 2. The van der Waals surface area contributed by atoms with Crippen molar-refractivity contribution in [1.82, 2.24) is 0 Å². The van der Waals surface area contributed by atoms with Crippen LogP contribution >= 0.6 is 0 Å². The van der Waals surface area contributed by atoms with E-state index in [0.717, 1.165) is 5.69 Å². The minimum atomic E-state index is -0.491. The zero-order chi connectivity index (χ0) is 18.4. The van der Waals surface area contributed by atoms with E-state index in [1.165, 1.54) is 24.3 Å². The van der Waals surface area contributed by atoms with Crippen molar-refractivity contribution < 1.29 is 18.9 Å². The number of amides is 1. The van der Waals surface area contributed by atoms with Gasteiger partial charge in [0.05, 0.1) is 17.7 Å². The second-order valence-electron chi connectivity index (χ2n) is 5.43. The van der Waals surface area contributed by atoms with Crippen molar-refractivity contribution in [1.29, 1.82) is 0 Å². The van der Waals surface area contributed by atoms with Crippen LogP contribution in [0.15, 0.2) is 77.4 Å². The van der Waals surface area contributed by atoms with Gasteiger partial charge in [-0.15, -0.1) is 0 Å². The van der Waals surface area contributed by atoms with E-state index in [1.807, 2.05) is 30.3 Å². The molecule has 2 aromatic carbocycles. The number of ether oxygens (including phenoxy) is 1. The molecule has 0 aliphatic heterocycles. The van der Waals surface area contributed by atoms with E-state index in [-0.39, 0.29) is 24.7 Å². The van der Waals surface area contributed by atoms with E-state index >= 15 is 0 Å². The monoisotopic (exact) mass is 352 g/mol. The third-order valence-electron chi connectivity index (χ3n) is 3.67. The van der Waals surface area contributed by atoms with Crippen molar-refractivity contribution in [2.24, 2.45) is 0 Å². The van der Waals surface area contributed by atoms with Gasteiger partial charge in [-0.2, -0.15) is 0 Å². The first-order chi connectivity index (χ1) is 12.6. The van der Waals surface area contributed by atoms with Crippen LogP contribution in [0, 0.1) is 10.1 Å². The van der Waals surface area contributed by atoms with Gasteiger partial charge in [-0.25, -0.2) is 0 Å². The Hall–Kier alpha value is -3.61. The lowest BCUT2D eigenvalue weighted by atomic mass is 10.2. The van der Waals surface area contributed by atoms with Gasteiger partial charge < -0.3 is 14.1 Å². The Balaban J connectivity index is 1.70. The SMILES string of the molecule is O=C(COc1ccc([N+](=O)[O-])cc1)N(Cc1ccco1)c1ccccc1. The number of hydrogen-bond donors (Lipinski definition) is 0. The zero-order valence-electron chi connectivity index (χ0n) is 13.8. The lowest BCUT2D eigenvalue weighted by Crippen LogP contribution is -2.34. The molecule has 0 unspecified atom stereocenters. The van der Waals surface area contributed by atoms with Gasteiger partial charge in [0.15, 0.2) is 6.61 Å². The number of hydrogen-bond acceptors (Lipinski definition) is 5. The Morgan fingerprint density at radius 1 is 1.04 bits per heavy atom. The number of nitro groups is 1. The maximum atomic E-state index is 12.7. The average Bonchev–Trinajstić information content (AvgIpc) is 3.18. The highest BCUT2D eigenvalue weighted by Crippen LogP contribution is 2.20. The Bertz CT molecular complexity index is 861. The quantitative estimate of drug-likeness (QED) is 0.477. The van der Waals surface area contributed by atoms with E-state index in [1.54, 1.807) is 23.3 Å². The first kappa shape index (κ1) is 17.2. The molecule has 26 heavy (non-hydrogen) atoms. The summed E-state index contributed by atoms with van der Waals surface area (Å²) >= 11 is 0. The van der Waals surface area contributed by atoms with Gasteiger partial charge in [-0.05, 0) is 36.4 Å². The molecule has 1 amide bonds. The normalized spacial score (nSPS) is 10.3. The highest BCUT2D eigenvalue weighted by molar-refractivity contribution is 5.94. The van der Waals surface area contributed by atoms with E-state index < -0.39 is 4.92 Å². The van der Waals surface area contributed by atoms with Crippen LogP contribution in [0.5, 0.6) is 5.75 Å². The second-order valence-corrected chi connectivity index (χ2v) is 5.43. The molecule has 0 radical (unpaired) electrons. The minimum Gasteiger partial charge on any atom is -0.484 e. The predicted octanol–water partition coefficient (Wildman–Crippen LogP) is 3.80. The van der Waals surface area contributed by atoms with E-state index in [2.05, 4.69) is 0 Å². The van der Waals surface area contributed by atoms with Gasteiger partial charge in [-0.3, -0.25) is 14.9 Å². The van der Waals surface area contributed by atoms with Crippen molar-refractivity contribution in [3.63, 3.8) is 0 Å². The van der Waals surface area contributed by atoms with Crippen LogP contribution < -0.4 is 9.64 Å². The number of furan rings is 1. The van der Waals surface area contributed by atoms with E-state index in [4.69, 9.17) is 9.15 Å². The number of nitrogens with zero attached hydrogens (tertiary/aromatic N) is 2. The van der Waals surface area contributed by atoms with Crippen LogP contribution in [0.3, 0.4) is 0 Å². The average molecular weight is 352 g/mol. The van der Waals surface area contributed by atoms with Crippen molar-refractivity contribution in [2.45, 2.75) is 6.54 Å². The van der Waals surface area contributed by atoms with Crippen LogP contribution in [-0.2, 0) is 11.3 Å². The smallest absolute Gasteiger partial charge is 0.269 e. The molecule has 132 valence electrons. The van der Waals surface area contributed by atoms with Crippen molar-refractivity contribution >= 4 is 17.3 Å². The van der Waals surface area contributed by atoms with Crippen LogP contribution in [0.25, 0.3) is 0 Å². The lowest BCUT2D eigenvalue weighted by molar-refractivity contribution is -0.384. The lowest BCUT2D eigenvalue weighted by Gasteiger charge is -2.22. The first-order valence-electron chi connectivity index (χ1n) is 7.88. The third kappa shape index (κ3) is 4.27. The van der Waals surface area contributed by atoms with Gasteiger partial charge in [0.1, 0.15) is 11.5 Å². The molecule has 0 saturated heterocycles. The molecule has 0 spiro atoms. The highest BCUT2D eigenvalue weighted by Gasteiger charge is 2.18. The fraction of sp³-hybridized carbons (Fsp3) is 0.105. The number of carbonyl (C=O) groups is 1. The van der Waals surface area contributed by atoms with Crippen molar-refractivity contribution in [3.05, 3.63) is 88.9 Å². The van der Waals surface area contributed by atoms with Gasteiger partial charge in [0.25, 0.3) is 11.6 Å². The molecule has 7 heteroatoms. The van der Waals surface area contributed by atoms with E-state index in [9.17, 15) is 14.9 Å². The summed E-state index contributed by atoms with van der Waals surface area (Å²) < 4.78 is 10.8. The van der Waals surface area contributed by atoms with Crippen LogP contribution in [0.4, 0.5) is 11.4 Å². The Labute approximate surface area is 149 Å². The van der Waals surface area contributed by atoms with Gasteiger partial charge in [0, 0.05) is 17.8 Å². The minimum absolute atomic E-state index is 0.0348. The molecule has 3 rings (SSSR count). The number of non-ortho nitro benzene ring substituents is 1. The molecule has 0 fully saturated rings. The number of anilines is 1. The zero-order valence-corrected chi connectivity index (χ0v) is 13.8. The molecule has 0 saturated carbocycles. The predicted molar refractivity (Wildman–Crippen MR) is 94.9 cm³/mol. The molecule has 0 aliphatic rings. The maximum Gasteiger partial charge on any atom is 0.269 e. The molecule has 0 aliphatic carbocycles. The molecule has 1 heterocycles. The molecule has 0 N–H and O–H groups in total. The summed E-state index contributed by atoms with van der Waals surface area (Å²) in [7, 11) is 0. The van der Waals surface area contributed by atoms with Crippen LogP contribution in [0.2, 0.25) is 0 Å². The van der Waals surface area contributed by atoms with Crippen LogP contribution in [0.1, 0.15) is 5.76 Å². The Kier molecular flexibility index (Phi) is 5.28. The molecule has 1 aromatic heterocycles. The van der Waals surface area contributed by atoms with Gasteiger partial charge in [0.2, 0.25) is 0 Å². The molecule has 0 atom stereocenters. The van der Waals surface area contributed by atoms with Gasteiger partial charge >= 0.3 is 0 Å². The standard InChI is InChI=1S/C19H16N2O5/c22-19(14-26-17-10-8-16(9-11-17)21(23)24)20(13-18-7-4-12-25-18)15-5-2-1-3-6-15/h1-12H,13-14H2. The third-order valence-corrected chi connectivity index (χ3v) is 3.67. The topological polar surface area (TPSA) is 85.8 Å². The van der Waals surface area contributed by atoms with Crippen molar-refractivity contribution in [3.8, 4) is 5.75 Å². The van der Waals surface area contributed by atoms with Crippen LogP contribution in [-0.4, -0.2) is 17.4 Å². The number of carbonyl (C=O) groups excluding carboxylic acids is 1. The summed E-state index contributed by atoms with van der Waals surface area (Å²) in [6, 6.07) is 18.3. The molecule has 3 aromatic rings. The summed E-state index contributed by atoms with van der Waals surface area (Å²) in [5.74, 6) is 0.776. The summed E-state index contributed by atoms with van der Waals surface area (Å²) in [5.41, 5.74) is 0.689. The maximum absolute atomic E-state index is 12.7. The Morgan fingerprint density at radius 2 is 1.77 bits per heavy atom. The number of nitro benzene ring substituents is 1. The molecular formula is C19H16N2O5. The molecule has 0 bridgehead atoms. The first-order valence-corrected chi connectivity index (χ1v) is 7.88. The number of rotatable bonds is 7. The second kappa shape index (κ2) is 7.98. The largest absolute Gasteiger partial charge is 0.484 e. The highest BCUT2D eigenvalue weighted by atomic mass is 16.6. The fourth-order valence-electron chi connectivity index (χ4n) is 2.38. The fourth-order valence-corrected chi connectivity index (χ4v) is 2.38. The Morgan fingerprint density at radius 3 is 2.38 bits per heavy atom. The number of para-hydroxylation sites is 1. The summed E-state index contributed by atoms with van der Waals surface area (Å²) in [4.78, 5) is 24.4. The van der Waals surface area contributed by atoms with Crippen molar-refractivity contribution in [2.75, 3.05) is 11.5 Å². The molecular weight excluding hydrogens is 336 g/mol. The van der Waals surface area contributed by atoms with E-state index in [0.29, 0.717) is 11.5 Å². The summed E-state index contributed by atoms with van der Waals surface area (Å²) in [6.07, 6.45) is 1.55.